The maximum Gasteiger partial charge on any atom is 0.173 e. The first kappa shape index (κ1) is 13.2. The van der Waals surface area contributed by atoms with Crippen molar-refractivity contribution in [1.82, 2.24) is 9.78 Å². The van der Waals surface area contributed by atoms with Gasteiger partial charge in [0.25, 0.3) is 0 Å². The third-order valence-corrected chi connectivity index (χ3v) is 2.97. The molecule has 0 bridgehead atoms. The Morgan fingerprint density at radius 2 is 1.74 bits per heavy atom. The Balaban J connectivity index is 2.06. The lowest BCUT2D eigenvalue weighted by Gasteiger charge is -2.00. The third-order valence-electron chi connectivity index (χ3n) is 2.97. The quantitative estimate of drug-likeness (QED) is 0.610. The molecule has 1 aromatic carbocycles. The van der Waals surface area contributed by atoms with Gasteiger partial charge in [-0.05, 0) is 13.8 Å². The maximum atomic E-state index is 12.0. The van der Waals surface area contributed by atoms with E-state index < -0.39 is 0 Å². The minimum Gasteiger partial charge on any atom is -0.294 e. The van der Waals surface area contributed by atoms with Crippen LogP contribution in [0, 0.1) is 6.92 Å². The van der Waals surface area contributed by atoms with Gasteiger partial charge in [0.15, 0.2) is 11.6 Å². The molecule has 2 rings (SSSR count). The minimum atomic E-state index is -0.190. The van der Waals surface area contributed by atoms with Crippen LogP contribution in [-0.4, -0.2) is 21.3 Å². The van der Waals surface area contributed by atoms with Gasteiger partial charge >= 0.3 is 0 Å². The number of rotatable bonds is 5. The number of hydrogen-bond donors (Lipinski definition) is 0. The molecule has 0 N–H and O–H groups in total. The molecule has 0 saturated heterocycles. The van der Waals surface area contributed by atoms with Crippen molar-refractivity contribution in [2.75, 3.05) is 0 Å². The summed E-state index contributed by atoms with van der Waals surface area (Å²) in [5.74, 6) is -0.348. The van der Waals surface area contributed by atoms with Crippen molar-refractivity contribution in [2.24, 2.45) is 0 Å². The third kappa shape index (κ3) is 3.16. The molecule has 19 heavy (non-hydrogen) atoms. The van der Waals surface area contributed by atoms with Gasteiger partial charge in [0, 0.05) is 18.3 Å². The summed E-state index contributed by atoms with van der Waals surface area (Å²) in [4.78, 5) is 23.9. The van der Waals surface area contributed by atoms with Gasteiger partial charge in [0.05, 0.1) is 18.2 Å². The van der Waals surface area contributed by atoms with Crippen molar-refractivity contribution in [3.63, 3.8) is 0 Å². The van der Waals surface area contributed by atoms with Gasteiger partial charge in [-0.15, -0.1) is 0 Å². The Kier molecular flexibility index (Phi) is 3.90. The van der Waals surface area contributed by atoms with Crippen LogP contribution in [0.4, 0.5) is 0 Å². The SMILES string of the molecule is CCn1cc(C(=O)CC(=O)c2ccc(C)cc2)cn1. The molecule has 0 amide bonds. The van der Waals surface area contributed by atoms with Gasteiger partial charge in [-0.2, -0.15) is 5.10 Å². The van der Waals surface area contributed by atoms with Crippen LogP contribution < -0.4 is 0 Å². The van der Waals surface area contributed by atoms with Gasteiger partial charge in [-0.3, -0.25) is 14.3 Å². The number of nitrogens with zero attached hydrogens (tertiary/aromatic N) is 2. The number of ketones is 2. The standard InChI is InChI=1S/C15H16N2O2/c1-3-17-10-13(9-16-17)15(19)8-14(18)12-6-4-11(2)5-7-12/h4-7,9-10H,3,8H2,1-2H3. The number of aromatic nitrogens is 2. The summed E-state index contributed by atoms with van der Waals surface area (Å²) >= 11 is 0. The van der Waals surface area contributed by atoms with E-state index in [1.807, 2.05) is 26.0 Å². The minimum absolute atomic E-state index is 0.113. The highest BCUT2D eigenvalue weighted by molar-refractivity contribution is 6.13. The van der Waals surface area contributed by atoms with Crippen LogP contribution in [0.1, 0.15) is 39.6 Å². The number of Topliss-reactive ketones (excluding diaryl/α,β-unsaturated/α-hetero) is 2. The molecule has 0 unspecified atom stereocenters. The van der Waals surface area contributed by atoms with Gasteiger partial charge < -0.3 is 0 Å². The molecule has 0 atom stereocenters. The van der Waals surface area contributed by atoms with E-state index in [2.05, 4.69) is 5.10 Å². The van der Waals surface area contributed by atoms with E-state index in [0.717, 1.165) is 5.56 Å². The summed E-state index contributed by atoms with van der Waals surface area (Å²) in [6.45, 7) is 4.61. The zero-order valence-corrected chi connectivity index (χ0v) is 11.1. The van der Waals surface area contributed by atoms with Crippen molar-refractivity contribution in [3.8, 4) is 0 Å². The molecular weight excluding hydrogens is 240 g/mol. The van der Waals surface area contributed by atoms with Crippen molar-refractivity contribution in [1.29, 1.82) is 0 Å². The Morgan fingerprint density at radius 1 is 1.11 bits per heavy atom. The highest BCUT2D eigenvalue weighted by Gasteiger charge is 2.14. The first-order valence-electron chi connectivity index (χ1n) is 6.25. The molecule has 0 spiro atoms. The van der Waals surface area contributed by atoms with E-state index >= 15 is 0 Å². The molecule has 0 aliphatic heterocycles. The summed E-state index contributed by atoms with van der Waals surface area (Å²) in [7, 11) is 0. The van der Waals surface area contributed by atoms with E-state index in [1.54, 1.807) is 23.0 Å². The lowest BCUT2D eigenvalue weighted by molar-refractivity contribution is 0.0894. The molecule has 2 aromatic rings. The van der Waals surface area contributed by atoms with Crippen LogP contribution in [0.25, 0.3) is 0 Å². The second kappa shape index (κ2) is 5.61. The van der Waals surface area contributed by atoms with Crippen molar-refractivity contribution in [2.45, 2.75) is 26.8 Å². The molecule has 0 aliphatic rings. The summed E-state index contributed by atoms with van der Waals surface area (Å²) in [6.07, 6.45) is 3.07. The normalized spacial score (nSPS) is 10.4. The smallest absolute Gasteiger partial charge is 0.173 e. The average Bonchev–Trinajstić information content (AvgIpc) is 2.88. The van der Waals surface area contributed by atoms with Crippen molar-refractivity contribution >= 4 is 11.6 Å². The number of hydrogen-bond acceptors (Lipinski definition) is 3. The van der Waals surface area contributed by atoms with Crippen LogP contribution in [0.2, 0.25) is 0 Å². The Morgan fingerprint density at radius 3 is 2.32 bits per heavy atom. The predicted octanol–water partition coefficient (Wildman–Crippen LogP) is 2.67. The fraction of sp³-hybridized carbons (Fsp3) is 0.267. The largest absolute Gasteiger partial charge is 0.294 e. The van der Waals surface area contributed by atoms with Crippen molar-refractivity contribution < 1.29 is 9.59 Å². The van der Waals surface area contributed by atoms with Crippen LogP contribution >= 0.6 is 0 Å². The fourth-order valence-corrected chi connectivity index (χ4v) is 1.77. The Hall–Kier alpha value is -2.23. The number of carbonyl (C=O) groups excluding carboxylic acids is 2. The van der Waals surface area contributed by atoms with E-state index in [1.165, 1.54) is 6.20 Å². The number of benzene rings is 1. The summed E-state index contributed by atoms with van der Waals surface area (Å²) in [6, 6.07) is 7.24. The molecule has 98 valence electrons. The lowest BCUT2D eigenvalue weighted by atomic mass is 10.0. The molecule has 1 aromatic heterocycles. The number of carbonyl (C=O) groups is 2. The topological polar surface area (TPSA) is 52.0 Å². The molecule has 0 fully saturated rings. The maximum absolute atomic E-state index is 12.0. The Labute approximate surface area is 112 Å². The molecule has 0 aliphatic carbocycles. The lowest BCUT2D eigenvalue weighted by Crippen LogP contribution is -2.08. The average molecular weight is 256 g/mol. The summed E-state index contributed by atoms with van der Waals surface area (Å²) in [5.41, 5.74) is 2.15. The summed E-state index contributed by atoms with van der Waals surface area (Å²) < 4.78 is 1.67. The van der Waals surface area contributed by atoms with Gasteiger partial charge in [-0.1, -0.05) is 29.8 Å². The van der Waals surface area contributed by atoms with Crippen LogP contribution in [-0.2, 0) is 6.54 Å². The monoisotopic (exact) mass is 256 g/mol. The van der Waals surface area contributed by atoms with E-state index in [9.17, 15) is 9.59 Å². The highest BCUT2D eigenvalue weighted by Crippen LogP contribution is 2.09. The van der Waals surface area contributed by atoms with E-state index in [-0.39, 0.29) is 18.0 Å². The predicted molar refractivity (Wildman–Crippen MR) is 72.4 cm³/mol. The van der Waals surface area contributed by atoms with E-state index in [4.69, 9.17) is 0 Å². The van der Waals surface area contributed by atoms with Crippen LogP contribution in [0.15, 0.2) is 36.7 Å². The zero-order valence-electron chi connectivity index (χ0n) is 11.1. The number of aryl methyl sites for hydroxylation is 2. The molecule has 0 saturated carbocycles. The molecule has 0 radical (unpaired) electrons. The molecule has 1 heterocycles. The van der Waals surface area contributed by atoms with Gasteiger partial charge in [-0.25, -0.2) is 0 Å². The van der Waals surface area contributed by atoms with Crippen molar-refractivity contribution in [3.05, 3.63) is 53.3 Å². The second-order valence-electron chi connectivity index (χ2n) is 4.47. The van der Waals surface area contributed by atoms with E-state index in [0.29, 0.717) is 17.7 Å². The first-order valence-corrected chi connectivity index (χ1v) is 6.25. The van der Waals surface area contributed by atoms with Crippen LogP contribution in [0.3, 0.4) is 0 Å². The Bertz CT molecular complexity index is 597. The zero-order chi connectivity index (χ0) is 13.8. The molecule has 4 nitrogen and oxygen atoms in total. The van der Waals surface area contributed by atoms with Gasteiger partial charge in [0.2, 0.25) is 0 Å². The van der Waals surface area contributed by atoms with Gasteiger partial charge in [0.1, 0.15) is 0 Å². The molecule has 4 heteroatoms. The van der Waals surface area contributed by atoms with Crippen LogP contribution in [0.5, 0.6) is 0 Å². The molecular formula is C15H16N2O2. The summed E-state index contributed by atoms with van der Waals surface area (Å²) in [5, 5.41) is 4.03. The second-order valence-corrected chi connectivity index (χ2v) is 4.47. The fourth-order valence-electron chi connectivity index (χ4n) is 1.77. The highest BCUT2D eigenvalue weighted by atomic mass is 16.1. The first-order chi connectivity index (χ1) is 9.10.